The minimum absolute atomic E-state index is 0.0347. The van der Waals surface area contributed by atoms with E-state index in [1.165, 1.54) is 25.1 Å². The Balaban J connectivity index is 1.86. The standard InChI is InChI=1S/C23H21F4N7O5S/c1-2-34(40(37,38)39)15-6-4-3-5-11(15)10-29-21-17-18(19(28)36)32-33-22(17)31-20(30-21)13-8-14(24)16(35)7-12(13)9-23(25,26)27/h3-8,35H,2,9-10H2,1H3,(H2,28,36)(H,37,38,39)(H2,29,30,31,32,33). The van der Waals surface area contributed by atoms with Crippen LogP contribution >= 0.6 is 0 Å². The number of phenols is 1. The molecule has 0 aliphatic heterocycles. The third-order valence-corrected chi connectivity index (χ3v) is 6.74. The van der Waals surface area contributed by atoms with Crippen LogP contribution in [0, 0.1) is 5.82 Å². The fourth-order valence-electron chi connectivity index (χ4n) is 4.07. The molecule has 4 aromatic rings. The Kier molecular flexibility index (Phi) is 7.53. The lowest BCUT2D eigenvalue weighted by Gasteiger charge is -2.22. The molecule has 0 aliphatic rings. The van der Waals surface area contributed by atoms with Gasteiger partial charge in [0, 0.05) is 18.7 Å². The van der Waals surface area contributed by atoms with Crippen molar-refractivity contribution in [2.24, 2.45) is 5.73 Å². The molecule has 0 radical (unpaired) electrons. The van der Waals surface area contributed by atoms with E-state index in [-0.39, 0.29) is 41.3 Å². The number of benzene rings is 2. The van der Waals surface area contributed by atoms with Gasteiger partial charge in [0.2, 0.25) is 0 Å². The summed E-state index contributed by atoms with van der Waals surface area (Å²) in [6, 6.07) is 7.37. The zero-order valence-electron chi connectivity index (χ0n) is 20.5. The first-order valence-corrected chi connectivity index (χ1v) is 12.8. The van der Waals surface area contributed by atoms with E-state index in [9.17, 15) is 40.4 Å². The molecule has 212 valence electrons. The lowest BCUT2D eigenvalue weighted by Crippen LogP contribution is -2.31. The third-order valence-electron chi connectivity index (χ3n) is 5.73. The summed E-state index contributed by atoms with van der Waals surface area (Å²) in [4.78, 5) is 20.3. The van der Waals surface area contributed by atoms with Crippen molar-refractivity contribution in [1.29, 1.82) is 0 Å². The normalized spacial score (nSPS) is 12.1. The molecule has 2 aromatic carbocycles. The number of aromatic nitrogens is 4. The maximum Gasteiger partial charge on any atom is 0.393 e. The van der Waals surface area contributed by atoms with Gasteiger partial charge in [-0.3, -0.25) is 14.4 Å². The highest BCUT2D eigenvalue weighted by molar-refractivity contribution is 7.87. The Labute approximate surface area is 223 Å². The van der Waals surface area contributed by atoms with Crippen LogP contribution in [0.4, 0.5) is 29.1 Å². The predicted octanol–water partition coefficient (Wildman–Crippen LogP) is 3.31. The first-order chi connectivity index (χ1) is 18.7. The second-order valence-electron chi connectivity index (χ2n) is 8.43. The second-order valence-corrected chi connectivity index (χ2v) is 9.77. The first kappa shape index (κ1) is 28.5. The van der Waals surface area contributed by atoms with Gasteiger partial charge in [0.25, 0.3) is 5.91 Å². The number of H-pyrrole nitrogens is 1. The average Bonchev–Trinajstić information content (AvgIpc) is 3.28. The summed E-state index contributed by atoms with van der Waals surface area (Å²) in [7, 11) is -4.63. The number of carbonyl (C=O) groups excluding carboxylic acids is 1. The number of fused-ring (bicyclic) bond motifs is 1. The van der Waals surface area contributed by atoms with Crippen molar-refractivity contribution in [2.75, 3.05) is 16.2 Å². The van der Waals surface area contributed by atoms with Crippen LogP contribution in [-0.2, 0) is 23.3 Å². The van der Waals surface area contributed by atoms with Gasteiger partial charge < -0.3 is 16.2 Å². The largest absolute Gasteiger partial charge is 0.505 e. The van der Waals surface area contributed by atoms with Gasteiger partial charge in [-0.05, 0) is 36.2 Å². The van der Waals surface area contributed by atoms with E-state index in [0.717, 1.165) is 4.31 Å². The maximum atomic E-state index is 14.3. The molecule has 40 heavy (non-hydrogen) atoms. The van der Waals surface area contributed by atoms with E-state index in [0.29, 0.717) is 17.7 Å². The summed E-state index contributed by atoms with van der Waals surface area (Å²) >= 11 is 0. The van der Waals surface area contributed by atoms with Crippen LogP contribution in [0.3, 0.4) is 0 Å². The molecule has 17 heteroatoms. The Bertz CT molecular complexity index is 1710. The van der Waals surface area contributed by atoms with Gasteiger partial charge in [0.05, 0.1) is 17.5 Å². The van der Waals surface area contributed by atoms with Crippen LogP contribution in [0.5, 0.6) is 5.75 Å². The molecule has 0 atom stereocenters. The minimum atomic E-state index is -4.72. The average molecular weight is 584 g/mol. The van der Waals surface area contributed by atoms with Crippen LogP contribution in [0.15, 0.2) is 36.4 Å². The zero-order valence-corrected chi connectivity index (χ0v) is 21.3. The molecule has 0 saturated heterocycles. The lowest BCUT2D eigenvalue weighted by atomic mass is 10.0. The number of nitrogens with zero attached hydrogens (tertiary/aromatic N) is 4. The first-order valence-electron chi connectivity index (χ1n) is 11.4. The van der Waals surface area contributed by atoms with E-state index in [1.54, 1.807) is 6.07 Å². The number of halogens is 4. The smallest absolute Gasteiger partial charge is 0.393 e. The molecular formula is C23H21F4N7O5S. The summed E-state index contributed by atoms with van der Waals surface area (Å²) in [6.07, 6.45) is -6.26. The van der Waals surface area contributed by atoms with Crippen molar-refractivity contribution in [1.82, 2.24) is 20.2 Å². The van der Waals surface area contributed by atoms with Crippen molar-refractivity contribution < 1.29 is 40.4 Å². The van der Waals surface area contributed by atoms with E-state index in [1.807, 2.05) is 0 Å². The van der Waals surface area contributed by atoms with E-state index >= 15 is 0 Å². The molecule has 2 aromatic heterocycles. The second kappa shape index (κ2) is 10.6. The van der Waals surface area contributed by atoms with Crippen LogP contribution in [0.1, 0.15) is 28.5 Å². The predicted molar refractivity (Wildman–Crippen MR) is 135 cm³/mol. The fourth-order valence-corrected chi connectivity index (χ4v) is 4.83. The molecule has 2 heterocycles. The molecule has 6 N–H and O–H groups in total. The molecule has 0 aliphatic carbocycles. The van der Waals surface area contributed by atoms with Gasteiger partial charge >= 0.3 is 16.5 Å². The SMILES string of the molecule is CCN(c1ccccc1CNc1nc(-c2cc(F)c(O)cc2CC(F)(F)F)nc2[nH]nc(C(N)=O)c12)S(=O)(=O)O. The number of nitrogens with one attached hydrogen (secondary N) is 2. The number of para-hydroxylation sites is 1. The van der Waals surface area contributed by atoms with Crippen LogP contribution in [0.25, 0.3) is 22.4 Å². The molecule has 4 rings (SSSR count). The highest BCUT2D eigenvalue weighted by Crippen LogP contribution is 2.35. The van der Waals surface area contributed by atoms with Crippen LogP contribution in [-0.4, -0.2) is 56.9 Å². The summed E-state index contributed by atoms with van der Waals surface area (Å²) in [6.45, 7) is 1.22. The van der Waals surface area contributed by atoms with Gasteiger partial charge in [-0.25, -0.2) is 18.7 Å². The van der Waals surface area contributed by atoms with E-state index in [2.05, 4.69) is 25.5 Å². The van der Waals surface area contributed by atoms with Crippen molar-refractivity contribution in [3.05, 3.63) is 59.0 Å². The Morgan fingerprint density at radius 2 is 1.88 bits per heavy atom. The van der Waals surface area contributed by atoms with E-state index < -0.39 is 57.3 Å². The molecule has 12 nitrogen and oxygen atoms in total. The molecular weight excluding hydrogens is 562 g/mol. The number of nitrogens with two attached hydrogens (primary N) is 1. The number of alkyl halides is 3. The number of anilines is 2. The molecule has 0 spiro atoms. The number of amides is 1. The Morgan fingerprint density at radius 3 is 2.50 bits per heavy atom. The Morgan fingerprint density at radius 1 is 1.18 bits per heavy atom. The molecule has 0 saturated carbocycles. The number of carbonyl (C=O) groups is 1. The van der Waals surface area contributed by atoms with Crippen molar-refractivity contribution in [3.63, 3.8) is 0 Å². The monoisotopic (exact) mass is 583 g/mol. The van der Waals surface area contributed by atoms with Crippen molar-refractivity contribution >= 4 is 38.7 Å². The van der Waals surface area contributed by atoms with Crippen LogP contribution < -0.4 is 15.4 Å². The third kappa shape index (κ3) is 5.89. The Hall–Kier alpha value is -4.51. The quantitative estimate of drug-likeness (QED) is 0.145. The molecule has 1 amide bonds. The minimum Gasteiger partial charge on any atom is -0.505 e. The number of rotatable bonds is 9. The molecule has 0 bridgehead atoms. The summed E-state index contributed by atoms with van der Waals surface area (Å²) in [5, 5.41) is 18.8. The van der Waals surface area contributed by atoms with E-state index in [4.69, 9.17) is 5.73 Å². The van der Waals surface area contributed by atoms with Gasteiger partial charge in [0.15, 0.2) is 28.7 Å². The summed E-state index contributed by atoms with van der Waals surface area (Å²) < 4.78 is 88.2. The highest BCUT2D eigenvalue weighted by Gasteiger charge is 2.31. The fraction of sp³-hybridized carbons (Fsp3) is 0.217. The highest BCUT2D eigenvalue weighted by atomic mass is 32.2. The summed E-state index contributed by atoms with van der Waals surface area (Å²) in [5.41, 5.74) is 4.50. The number of hydrogen-bond acceptors (Lipinski definition) is 8. The number of hydrogen-bond donors (Lipinski definition) is 5. The zero-order chi connectivity index (χ0) is 29.4. The van der Waals surface area contributed by atoms with Crippen molar-refractivity contribution in [2.45, 2.75) is 26.1 Å². The van der Waals surface area contributed by atoms with Gasteiger partial charge in [0.1, 0.15) is 5.82 Å². The topological polar surface area (TPSA) is 187 Å². The summed E-state index contributed by atoms with van der Waals surface area (Å²) in [5.74, 6) is -3.77. The van der Waals surface area contributed by atoms with Gasteiger partial charge in [-0.1, -0.05) is 18.2 Å². The van der Waals surface area contributed by atoms with Crippen molar-refractivity contribution in [3.8, 4) is 17.1 Å². The van der Waals surface area contributed by atoms with Gasteiger partial charge in [-0.2, -0.15) is 26.7 Å². The molecule has 0 unspecified atom stereocenters. The number of aromatic amines is 1. The van der Waals surface area contributed by atoms with Gasteiger partial charge in [-0.15, -0.1) is 0 Å². The molecule has 0 fully saturated rings. The lowest BCUT2D eigenvalue weighted by molar-refractivity contribution is -0.127. The maximum absolute atomic E-state index is 14.3. The van der Waals surface area contributed by atoms with Crippen LogP contribution in [0.2, 0.25) is 0 Å². The number of primary amides is 1. The number of phenolic OH excluding ortho intramolecular Hbond substituents is 1. The number of aromatic hydroxyl groups is 1.